The first kappa shape index (κ1) is 16.6. The number of anilines is 1. The number of nitrogens with one attached hydrogen (secondary N) is 1. The third-order valence-electron chi connectivity index (χ3n) is 4.02. The lowest BCUT2D eigenvalue weighted by atomic mass is 10.1. The Labute approximate surface area is 133 Å². The highest BCUT2D eigenvalue weighted by molar-refractivity contribution is 6.33. The lowest BCUT2D eigenvalue weighted by molar-refractivity contribution is 0.263. The van der Waals surface area contributed by atoms with Crippen LogP contribution in [0.25, 0.3) is 0 Å². The van der Waals surface area contributed by atoms with Gasteiger partial charge in [0.25, 0.3) is 0 Å². The molecule has 0 radical (unpaired) electrons. The summed E-state index contributed by atoms with van der Waals surface area (Å²) in [6.07, 6.45) is 2.02. The Kier molecular flexibility index (Phi) is 5.53. The van der Waals surface area contributed by atoms with Crippen LogP contribution in [0.2, 0.25) is 5.02 Å². The van der Waals surface area contributed by atoms with Gasteiger partial charge in [-0.05, 0) is 51.2 Å². The zero-order valence-corrected chi connectivity index (χ0v) is 14.1. The van der Waals surface area contributed by atoms with Crippen molar-refractivity contribution in [2.75, 3.05) is 24.6 Å². The molecule has 1 saturated heterocycles. The van der Waals surface area contributed by atoms with Crippen LogP contribution in [0, 0.1) is 5.92 Å². The Morgan fingerprint density at radius 1 is 1.38 bits per heavy atom. The minimum Gasteiger partial charge on any atom is -0.396 e. The summed E-state index contributed by atoms with van der Waals surface area (Å²) >= 11 is 6.47. The fourth-order valence-electron chi connectivity index (χ4n) is 2.87. The van der Waals surface area contributed by atoms with Gasteiger partial charge in [0.1, 0.15) is 0 Å². The van der Waals surface area contributed by atoms with E-state index in [1.54, 1.807) is 0 Å². The van der Waals surface area contributed by atoms with Crippen molar-refractivity contribution in [3.63, 3.8) is 0 Å². The first-order valence-corrected chi connectivity index (χ1v) is 8.17. The van der Waals surface area contributed by atoms with Gasteiger partial charge < -0.3 is 15.3 Å². The molecule has 2 rings (SSSR count). The van der Waals surface area contributed by atoms with Crippen LogP contribution in [0.4, 0.5) is 5.69 Å². The summed E-state index contributed by atoms with van der Waals surface area (Å²) < 4.78 is 0. The maximum absolute atomic E-state index is 9.11. The number of aliphatic hydroxyl groups excluding tert-OH is 1. The quantitative estimate of drug-likeness (QED) is 0.874. The van der Waals surface area contributed by atoms with Gasteiger partial charge in [0.05, 0.1) is 10.7 Å². The SMILES string of the molecule is CC(C)(C)NCc1cccc(Cl)c1N1CCC(CCO)C1. The van der Waals surface area contributed by atoms with Gasteiger partial charge in [-0.1, -0.05) is 23.7 Å². The second-order valence-electron chi connectivity index (χ2n) is 6.96. The molecule has 0 bridgehead atoms. The van der Waals surface area contributed by atoms with Crippen LogP contribution in [0.3, 0.4) is 0 Å². The monoisotopic (exact) mass is 310 g/mol. The van der Waals surface area contributed by atoms with E-state index in [1.807, 2.05) is 12.1 Å². The third kappa shape index (κ3) is 4.60. The van der Waals surface area contributed by atoms with Crippen molar-refractivity contribution in [3.8, 4) is 0 Å². The molecule has 118 valence electrons. The molecule has 1 unspecified atom stereocenters. The van der Waals surface area contributed by atoms with Crippen LogP contribution in [-0.2, 0) is 6.54 Å². The van der Waals surface area contributed by atoms with E-state index in [1.165, 1.54) is 5.56 Å². The van der Waals surface area contributed by atoms with Crippen LogP contribution in [0.1, 0.15) is 39.2 Å². The second-order valence-corrected chi connectivity index (χ2v) is 7.37. The topological polar surface area (TPSA) is 35.5 Å². The maximum Gasteiger partial charge on any atom is 0.0642 e. The fourth-order valence-corrected chi connectivity index (χ4v) is 3.18. The minimum atomic E-state index is 0.0873. The molecule has 0 aliphatic carbocycles. The zero-order chi connectivity index (χ0) is 15.5. The molecule has 2 N–H and O–H groups in total. The smallest absolute Gasteiger partial charge is 0.0642 e. The number of aliphatic hydroxyl groups is 1. The predicted molar refractivity (Wildman–Crippen MR) is 90.1 cm³/mol. The molecule has 3 nitrogen and oxygen atoms in total. The highest BCUT2D eigenvalue weighted by Gasteiger charge is 2.25. The van der Waals surface area contributed by atoms with E-state index in [9.17, 15) is 0 Å². The van der Waals surface area contributed by atoms with Gasteiger partial charge in [-0.2, -0.15) is 0 Å². The number of nitrogens with zero attached hydrogens (tertiary/aromatic N) is 1. The van der Waals surface area contributed by atoms with Gasteiger partial charge >= 0.3 is 0 Å². The van der Waals surface area contributed by atoms with E-state index in [0.29, 0.717) is 5.92 Å². The number of hydrogen-bond acceptors (Lipinski definition) is 3. The van der Waals surface area contributed by atoms with E-state index < -0.39 is 0 Å². The van der Waals surface area contributed by atoms with Crippen molar-refractivity contribution in [2.24, 2.45) is 5.92 Å². The molecule has 4 heteroatoms. The van der Waals surface area contributed by atoms with Crippen LogP contribution in [0.15, 0.2) is 18.2 Å². The van der Waals surface area contributed by atoms with Gasteiger partial charge in [0.2, 0.25) is 0 Å². The van der Waals surface area contributed by atoms with Crippen LogP contribution >= 0.6 is 11.6 Å². The molecular formula is C17H27ClN2O. The largest absolute Gasteiger partial charge is 0.396 e. The van der Waals surface area contributed by atoms with E-state index >= 15 is 0 Å². The lowest BCUT2D eigenvalue weighted by Crippen LogP contribution is -2.35. The standard InChI is InChI=1S/C17H27ClN2O/c1-17(2,3)19-11-14-5-4-6-15(18)16(14)20-9-7-13(12-20)8-10-21/h4-6,13,19,21H,7-12H2,1-3H3. The van der Waals surface area contributed by atoms with Gasteiger partial charge in [0, 0.05) is 31.8 Å². The van der Waals surface area contributed by atoms with Crippen molar-refractivity contribution in [2.45, 2.75) is 45.7 Å². The maximum atomic E-state index is 9.11. The van der Waals surface area contributed by atoms with Crippen molar-refractivity contribution in [3.05, 3.63) is 28.8 Å². The molecule has 21 heavy (non-hydrogen) atoms. The predicted octanol–water partition coefficient (Wildman–Crippen LogP) is 3.44. The van der Waals surface area contributed by atoms with Crippen molar-refractivity contribution in [1.82, 2.24) is 5.32 Å². The molecule has 1 aliphatic rings. The molecule has 1 aromatic rings. The Bertz CT molecular complexity index is 470. The molecule has 0 aromatic heterocycles. The van der Waals surface area contributed by atoms with Gasteiger partial charge in [0.15, 0.2) is 0 Å². The highest BCUT2D eigenvalue weighted by Crippen LogP contribution is 2.34. The average Bonchev–Trinajstić information content (AvgIpc) is 2.84. The molecule has 1 aliphatic heterocycles. The second kappa shape index (κ2) is 6.99. The average molecular weight is 311 g/mol. The van der Waals surface area contributed by atoms with E-state index in [2.05, 4.69) is 37.1 Å². The van der Waals surface area contributed by atoms with Crippen LogP contribution in [0.5, 0.6) is 0 Å². The first-order valence-electron chi connectivity index (χ1n) is 7.79. The normalized spacial score (nSPS) is 19.3. The number of halogens is 1. The Morgan fingerprint density at radius 3 is 2.81 bits per heavy atom. The summed E-state index contributed by atoms with van der Waals surface area (Å²) in [6.45, 7) is 9.63. The number of hydrogen-bond donors (Lipinski definition) is 2. The van der Waals surface area contributed by atoms with Crippen molar-refractivity contribution in [1.29, 1.82) is 0 Å². The Morgan fingerprint density at radius 2 is 2.14 bits per heavy atom. The Balaban J connectivity index is 2.15. The molecule has 0 spiro atoms. The van der Waals surface area contributed by atoms with E-state index in [4.69, 9.17) is 16.7 Å². The summed E-state index contributed by atoms with van der Waals surface area (Å²) in [7, 11) is 0. The molecular weight excluding hydrogens is 284 g/mol. The fraction of sp³-hybridized carbons (Fsp3) is 0.647. The highest BCUT2D eigenvalue weighted by atomic mass is 35.5. The van der Waals surface area contributed by atoms with Gasteiger partial charge in [-0.25, -0.2) is 0 Å². The summed E-state index contributed by atoms with van der Waals surface area (Å²) in [5.41, 5.74) is 2.50. The molecule has 1 aromatic carbocycles. The molecule has 0 amide bonds. The van der Waals surface area contributed by atoms with E-state index in [-0.39, 0.29) is 12.1 Å². The first-order chi connectivity index (χ1) is 9.90. The van der Waals surface area contributed by atoms with Gasteiger partial charge in [-0.15, -0.1) is 0 Å². The minimum absolute atomic E-state index is 0.0873. The van der Waals surface area contributed by atoms with Gasteiger partial charge in [-0.3, -0.25) is 0 Å². The molecule has 1 atom stereocenters. The summed E-state index contributed by atoms with van der Waals surface area (Å²) in [4.78, 5) is 2.38. The number of rotatable bonds is 5. The van der Waals surface area contributed by atoms with Crippen LogP contribution < -0.4 is 10.2 Å². The number of benzene rings is 1. The molecule has 1 heterocycles. The zero-order valence-electron chi connectivity index (χ0n) is 13.3. The summed E-state index contributed by atoms with van der Waals surface area (Å²) in [5, 5.41) is 13.5. The lowest BCUT2D eigenvalue weighted by Gasteiger charge is -2.26. The van der Waals surface area contributed by atoms with Crippen molar-refractivity contribution < 1.29 is 5.11 Å². The third-order valence-corrected chi connectivity index (χ3v) is 4.32. The number of para-hydroxylation sites is 1. The Hall–Kier alpha value is -0.770. The van der Waals surface area contributed by atoms with Crippen molar-refractivity contribution >= 4 is 17.3 Å². The summed E-state index contributed by atoms with van der Waals surface area (Å²) in [5.74, 6) is 0.578. The van der Waals surface area contributed by atoms with Crippen LogP contribution in [-0.4, -0.2) is 30.3 Å². The molecule has 1 fully saturated rings. The van der Waals surface area contributed by atoms with E-state index in [0.717, 1.165) is 43.2 Å². The summed E-state index contributed by atoms with van der Waals surface area (Å²) in [6, 6.07) is 6.14. The molecule has 0 saturated carbocycles.